The number of benzene rings is 2. The van der Waals surface area contributed by atoms with Crippen molar-refractivity contribution in [1.82, 2.24) is 4.90 Å². The van der Waals surface area contributed by atoms with Crippen molar-refractivity contribution in [3.63, 3.8) is 0 Å². The molecule has 0 atom stereocenters. The van der Waals surface area contributed by atoms with Crippen molar-refractivity contribution in [1.29, 1.82) is 0 Å². The van der Waals surface area contributed by atoms with E-state index in [0.717, 1.165) is 0 Å². The summed E-state index contributed by atoms with van der Waals surface area (Å²) in [6, 6.07) is 17.8. The van der Waals surface area contributed by atoms with Crippen LogP contribution in [-0.2, 0) is 11.4 Å². The van der Waals surface area contributed by atoms with E-state index in [1.54, 1.807) is 37.3 Å². The highest BCUT2D eigenvalue weighted by molar-refractivity contribution is 5.98. The van der Waals surface area contributed by atoms with E-state index < -0.39 is 0 Å². The smallest absolute Gasteiger partial charge is 0.290 e. The molecule has 1 aliphatic heterocycles. The number of hydrogen-bond donors (Lipinski definition) is 1. The van der Waals surface area contributed by atoms with Crippen molar-refractivity contribution >= 4 is 17.5 Å². The molecule has 0 radical (unpaired) electrons. The van der Waals surface area contributed by atoms with Gasteiger partial charge in [0.1, 0.15) is 37.9 Å². The maximum Gasteiger partial charge on any atom is 0.290 e. The Morgan fingerprint density at radius 3 is 2.56 bits per heavy atom. The van der Waals surface area contributed by atoms with Gasteiger partial charge in [0.25, 0.3) is 5.91 Å². The van der Waals surface area contributed by atoms with Crippen molar-refractivity contribution in [3.05, 3.63) is 72.2 Å². The molecule has 0 unspecified atom stereocenters. The van der Waals surface area contributed by atoms with E-state index in [4.69, 9.17) is 18.6 Å². The highest BCUT2D eigenvalue weighted by Gasteiger charge is 2.21. The summed E-state index contributed by atoms with van der Waals surface area (Å²) >= 11 is 0. The van der Waals surface area contributed by atoms with Gasteiger partial charge in [0.2, 0.25) is 5.91 Å². The number of carbonyl (C=O) groups is 2. The lowest BCUT2D eigenvalue weighted by Gasteiger charge is -2.21. The number of likely N-dealkylation sites (N-methyl/N-ethyl adjacent to an activating group) is 1. The highest BCUT2D eigenvalue weighted by Crippen LogP contribution is 2.32. The van der Waals surface area contributed by atoms with Crippen LogP contribution in [0.4, 0.5) is 5.69 Å². The number of hydrogen-bond acceptors (Lipinski definition) is 6. The summed E-state index contributed by atoms with van der Waals surface area (Å²) < 4.78 is 22.3. The maximum atomic E-state index is 12.8. The van der Waals surface area contributed by atoms with Crippen LogP contribution in [0.3, 0.4) is 0 Å². The monoisotopic (exact) mass is 436 g/mol. The van der Waals surface area contributed by atoms with E-state index in [2.05, 4.69) is 5.32 Å². The SMILES string of the molecule is CCN(CC(=O)Nc1ccc2c(c1)OCCO2)C(=O)c1ccc(COc2ccccc2)o1. The van der Waals surface area contributed by atoms with Crippen molar-refractivity contribution < 1.29 is 28.2 Å². The van der Waals surface area contributed by atoms with Crippen LogP contribution in [0, 0.1) is 0 Å². The molecule has 166 valence electrons. The molecule has 8 nitrogen and oxygen atoms in total. The molecule has 32 heavy (non-hydrogen) atoms. The summed E-state index contributed by atoms with van der Waals surface area (Å²) in [4.78, 5) is 26.8. The first-order chi connectivity index (χ1) is 15.6. The molecule has 4 rings (SSSR count). The van der Waals surface area contributed by atoms with E-state index in [1.165, 1.54) is 4.90 Å². The first-order valence-electron chi connectivity index (χ1n) is 10.4. The summed E-state index contributed by atoms with van der Waals surface area (Å²) in [6.07, 6.45) is 0. The largest absolute Gasteiger partial charge is 0.486 e. The molecule has 1 aromatic heterocycles. The summed E-state index contributed by atoms with van der Waals surface area (Å²) in [5.74, 6) is 1.93. The van der Waals surface area contributed by atoms with Crippen LogP contribution in [0.5, 0.6) is 17.2 Å². The van der Waals surface area contributed by atoms with Crippen LogP contribution < -0.4 is 19.5 Å². The number of anilines is 1. The normalized spacial score (nSPS) is 12.2. The number of amides is 2. The van der Waals surface area contributed by atoms with Gasteiger partial charge < -0.3 is 28.8 Å². The topological polar surface area (TPSA) is 90.2 Å². The van der Waals surface area contributed by atoms with Crippen LogP contribution in [0.2, 0.25) is 0 Å². The molecule has 0 fully saturated rings. The van der Waals surface area contributed by atoms with Crippen LogP contribution in [-0.4, -0.2) is 43.0 Å². The van der Waals surface area contributed by atoms with E-state index in [9.17, 15) is 9.59 Å². The number of rotatable bonds is 8. The second kappa shape index (κ2) is 9.91. The fraction of sp³-hybridized carbons (Fsp3) is 0.250. The number of furan rings is 1. The van der Waals surface area contributed by atoms with Crippen LogP contribution >= 0.6 is 0 Å². The molecule has 8 heteroatoms. The number of ether oxygens (including phenoxy) is 3. The molecule has 0 spiro atoms. The minimum absolute atomic E-state index is 0.111. The third kappa shape index (κ3) is 5.21. The van der Waals surface area contributed by atoms with Gasteiger partial charge in [0.05, 0.1) is 0 Å². The zero-order valence-corrected chi connectivity index (χ0v) is 17.7. The summed E-state index contributed by atoms with van der Waals surface area (Å²) in [5.41, 5.74) is 0.570. The lowest BCUT2D eigenvalue weighted by atomic mass is 10.2. The molecule has 0 saturated carbocycles. The van der Waals surface area contributed by atoms with Crippen LogP contribution in [0.15, 0.2) is 65.1 Å². The third-order valence-electron chi connectivity index (χ3n) is 4.83. The van der Waals surface area contributed by atoms with Crippen LogP contribution in [0.25, 0.3) is 0 Å². The number of fused-ring (bicyclic) bond motifs is 1. The van der Waals surface area contributed by atoms with Gasteiger partial charge in [-0.2, -0.15) is 0 Å². The maximum absolute atomic E-state index is 12.8. The molecule has 0 aliphatic carbocycles. The molecule has 0 saturated heterocycles. The van der Waals surface area contributed by atoms with Gasteiger partial charge >= 0.3 is 0 Å². The molecule has 0 bridgehead atoms. The average Bonchev–Trinajstić information content (AvgIpc) is 3.30. The Hall–Kier alpha value is -3.94. The van der Waals surface area contributed by atoms with Crippen molar-refractivity contribution in [3.8, 4) is 17.2 Å². The number of nitrogens with zero attached hydrogens (tertiary/aromatic N) is 1. The Labute approximate surface area is 185 Å². The Morgan fingerprint density at radius 1 is 1.00 bits per heavy atom. The van der Waals surface area contributed by atoms with Gasteiger partial charge in [-0.15, -0.1) is 0 Å². The molecular weight excluding hydrogens is 412 g/mol. The predicted octanol–water partition coefficient (Wildman–Crippen LogP) is 3.73. The van der Waals surface area contributed by atoms with Gasteiger partial charge in [-0.1, -0.05) is 18.2 Å². The second-order valence-corrected chi connectivity index (χ2v) is 7.09. The number of carbonyl (C=O) groups excluding carboxylic acids is 2. The van der Waals surface area contributed by atoms with Gasteiger partial charge in [0.15, 0.2) is 17.3 Å². The molecule has 2 amide bonds. The predicted molar refractivity (Wildman–Crippen MR) is 117 cm³/mol. The quantitative estimate of drug-likeness (QED) is 0.579. The standard InChI is InChI=1S/C24H24N2O6/c1-2-26(15-23(27)25-17-8-10-20-22(14-17)30-13-12-29-20)24(28)21-11-9-19(32-21)16-31-18-6-4-3-5-7-18/h3-11,14H,2,12-13,15-16H2,1H3,(H,25,27). The highest BCUT2D eigenvalue weighted by atomic mass is 16.6. The minimum atomic E-state index is -0.365. The fourth-order valence-corrected chi connectivity index (χ4v) is 3.22. The van der Waals surface area contributed by atoms with E-state index >= 15 is 0 Å². The van der Waals surface area contributed by atoms with E-state index in [1.807, 2.05) is 30.3 Å². The summed E-state index contributed by atoms with van der Waals surface area (Å²) in [7, 11) is 0. The van der Waals surface area contributed by atoms with Crippen molar-refractivity contribution in [2.45, 2.75) is 13.5 Å². The summed E-state index contributed by atoms with van der Waals surface area (Å²) in [6.45, 7) is 3.21. The first-order valence-corrected chi connectivity index (χ1v) is 10.4. The van der Waals surface area contributed by atoms with E-state index in [0.29, 0.717) is 48.5 Å². The summed E-state index contributed by atoms with van der Waals surface area (Å²) in [5, 5.41) is 2.79. The van der Waals surface area contributed by atoms with Gasteiger partial charge in [-0.3, -0.25) is 9.59 Å². The Kier molecular flexibility index (Phi) is 6.60. The Morgan fingerprint density at radius 2 is 1.78 bits per heavy atom. The van der Waals surface area contributed by atoms with Gasteiger partial charge in [-0.25, -0.2) is 0 Å². The third-order valence-corrected chi connectivity index (χ3v) is 4.83. The minimum Gasteiger partial charge on any atom is -0.486 e. The molecule has 3 aromatic rings. The Bertz CT molecular complexity index is 1080. The number of para-hydroxylation sites is 1. The van der Waals surface area contributed by atoms with Crippen molar-refractivity contribution in [2.75, 3.05) is 31.6 Å². The molecular formula is C24H24N2O6. The van der Waals surface area contributed by atoms with Crippen molar-refractivity contribution in [2.24, 2.45) is 0 Å². The Balaban J connectivity index is 1.33. The number of nitrogens with one attached hydrogen (secondary N) is 1. The zero-order chi connectivity index (χ0) is 22.3. The molecule has 1 N–H and O–H groups in total. The van der Waals surface area contributed by atoms with Crippen LogP contribution in [0.1, 0.15) is 23.2 Å². The molecule has 2 aromatic carbocycles. The molecule has 1 aliphatic rings. The first kappa shape index (κ1) is 21.3. The lowest BCUT2D eigenvalue weighted by Crippen LogP contribution is -2.37. The zero-order valence-electron chi connectivity index (χ0n) is 17.7. The fourth-order valence-electron chi connectivity index (χ4n) is 3.22. The average molecular weight is 436 g/mol. The van der Waals surface area contributed by atoms with Gasteiger partial charge in [0, 0.05) is 18.3 Å². The molecule has 2 heterocycles. The second-order valence-electron chi connectivity index (χ2n) is 7.09. The van der Waals surface area contributed by atoms with E-state index in [-0.39, 0.29) is 30.7 Å². The van der Waals surface area contributed by atoms with Gasteiger partial charge in [-0.05, 0) is 43.3 Å². The lowest BCUT2D eigenvalue weighted by molar-refractivity contribution is -0.116.